The Balaban J connectivity index is 1.32. The van der Waals surface area contributed by atoms with E-state index in [2.05, 4.69) is 9.68 Å². The fourth-order valence-electron chi connectivity index (χ4n) is 4.44. The molecule has 0 spiro atoms. The number of carbonyl (C=O) groups is 1. The zero-order valence-corrected chi connectivity index (χ0v) is 22.4. The monoisotopic (exact) mass is 614 g/mol. The van der Waals surface area contributed by atoms with Crippen molar-refractivity contribution in [3.63, 3.8) is 0 Å². The molecule has 2 heterocycles. The highest BCUT2D eigenvalue weighted by molar-refractivity contribution is 6.39. The van der Waals surface area contributed by atoms with Crippen LogP contribution in [0.2, 0.25) is 15.1 Å². The zero-order chi connectivity index (χ0) is 28.8. The molecule has 0 saturated carbocycles. The average Bonchev–Trinajstić information content (AvgIpc) is 3.26. The number of carboxylic acid groups (broad SMARTS) is 1. The first-order chi connectivity index (χ1) is 18.9. The predicted octanol–water partition coefficient (Wildman–Crippen LogP) is 8.34. The number of aromatic carboxylic acids is 1. The SMILES string of the molecule is O=C(O)c1cc(F)cc(N2CC(c3ccc(OCc4c(-c5c(Cl)cccc5Cl)noc4C(F)(F)F)cc3Cl)C2)c1. The molecular formula is C27H17Cl3F4N2O4. The maximum Gasteiger partial charge on any atom is 0.452 e. The van der Waals surface area contributed by atoms with Gasteiger partial charge in [0.15, 0.2) is 0 Å². The fourth-order valence-corrected chi connectivity index (χ4v) is 5.34. The van der Waals surface area contributed by atoms with Crippen LogP contribution in [-0.4, -0.2) is 29.3 Å². The van der Waals surface area contributed by atoms with E-state index in [1.807, 2.05) is 4.90 Å². The standard InChI is InChI=1S/C27H17Cl3F4N2O4/c28-20-2-1-3-21(29)23(20)24-19(25(40-35-24)27(32,33)34)12-39-17-4-5-18(22(30)9-17)14-10-36(11-14)16-7-13(26(37)38)6-15(31)8-16/h1-9,14H,10-12H2,(H,37,38). The van der Waals surface area contributed by atoms with Crippen LogP contribution in [-0.2, 0) is 12.8 Å². The molecule has 0 atom stereocenters. The summed E-state index contributed by atoms with van der Waals surface area (Å²) in [5, 5.41) is 13.3. The third-order valence-electron chi connectivity index (χ3n) is 6.42. The van der Waals surface area contributed by atoms with Gasteiger partial charge in [0.05, 0.1) is 21.2 Å². The molecule has 6 nitrogen and oxygen atoms in total. The van der Waals surface area contributed by atoms with Crippen molar-refractivity contribution in [2.45, 2.75) is 18.7 Å². The lowest BCUT2D eigenvalue weighted by molar-refractivity contribution is -0.156. The van der Waals surface area contributed by atoms with Crippen molar-refractivity contribution < 1.29 is 36.7 Å². The van der Waals surface area contributed by atoms with Gasteiger partial charge in [-0.05, 0) is 48.0 Å². The minimum Gasteiger partial charge on any atom is -0.489 e. The van der Waals surface area contributed by atoms with Gasteiger partial charge in [0.25, 0.3) is 0 Å². The van der Waals surface area contributed by atoms with E-state index in [0.717, 1.165) is 11.6 Å². The number of aromatic nitrogens is 1. The summed E-state index contributed by atoms with van der Waals surface area (Å²) in [6, 6.07) is 12.8. The summed E-state index contributed by atoms with van der Waals surface area (Å²) in [4.78, 5) is 13.0. The Kier molecular flexibility index (Phi) is 7.60. The number of halogens is 7. The number of anilines is 1. The average molecular weight is 616 g/mol. The summed E-state index contributed by atoms with van der Waals surface area (Å²) in [5.41, 5.74) is 0.551. The molecule has 0 unspecified atom stereocenters. The number of alkyl halides is 3. The minimum atomic E-state index is -4.85. The van der Waals surface area contributed by atoms with Crippen molar-refractivity contribution in [1.82, 2.24) is 5.16 Å². The molecule has 4 aromatic rings. The van der Waals surface area contributed by atoms with Crippen LogP contribution < -0.4 is 9.64 Å². The molecule has 0 bridgehead atoms. The van der Waals surface area contributed by atoms with Gasteiger partial charge in [0.1, 0.15) is 23.9 Å². The lowest BCUT2D eigenvalue weighted by Gasteiger charge is -2.41. The second-order valence-electron chi connectivity index (χ2n) is 9.01. The molecule has 0 amide bonds. The summed E-state index contributed by atoms with van der Waals surface area (Å²) in [6.07, 6.45) is -4.85. The van der Waals surface area contributed by atoms with Gasteiger partial charge in [0, 0.05) is 35.3 Å². The van der Waals surface area contributed by atoms with Gasteiger partial charge in [-0.3, -0.25) is 0 Å². The molecule has 1 aromatic heterocycles. The second kappa shape index (κ2) is 10.8. The van der Waals surface area contributed by atoms with Crippen LogP contribution in [0.1, 0.15) is 33.2 Å². The van der Waals surface area contributed by atoms with E-state index in [9.17, 15) is 22.4 Å². The number of hydrogen-bond acceptors (Lipinski definition) is 5. The van der Waals surface area contributed by atoms with E-state index in [0.29, 0.717) is 23.8 Å². The molecular weight excluding hydrogens is 599 g/mol. The number of hydrogen-bond donors (Lipinski definition) is 1. The minimum absolute atomic E-state index is 0.0398. The molecule has 1 N–H and O–H groups in total. The van der Waals surface area contributed by atoms with Gasteiger partial charge in [-0.15, -0.1) is 0 Å². The number of nitrogens with zero attached hydrogens (tertiary/aromatic N) is 2. The molecule has 1 fully saturated rings. The number of ether oxygens (including phenoxy) is 1. The van der Waals surface area contributed by atoms with Crippen molar-refractivity contribution >= 4 is 46.5 Å². The molecule has 3 aromatic carbocycles. The molecule has 1 saturated heterocycles. The van der Waals surface area contributed by atoms with Crippen LogP contribution in [0.3, 0.4) is 0 Å². The topological polar surface area (TPSA) is 75.8 Å². The van der Waals surface area contributed by atoms with Crippen LogP contribution in [0, 0.1) is 5.82 Å². The number of rotatable bonds is 7. The van der Waals surface area contributed by atoms with E-state index in [1.54, 1.807) is 18.2 Å². The molecule has 1 aliphatic heterocycles. The van der Waals surface area contributed by atoms with Gasteiger partial charge >= 0.3 is 12.1 Å². The highest BCUT2D eigenvalue weighted by Crippen LogP contribution is 2.42. The molecule has 40 heavy (non-hydrogen) atoms. The van der Waals surface area contributed by atoms with Gasteiger partial charge in [-0.25, -0.2) is 9.18 Å². The summed E-state index contributed by atoms with van der Waals surface area (Å²) in [5.74, 6) is -3.06. The maximum atomic E-state index is 13.9. The predicted molar refractivity (Wildman–Crippen MR) is 141 cm³/mol. The van der Waals surface area contributed by atoms with Crippen molar-refractivity contribution in [3.05, 3.63) is 97.9 Å². The van der Waals surface area contributed by atoms with Gasteiger partial charge in [-0.1, -0.05) is 52.1 Å². The second-order valence-corrected chi connectivity index (χ2v) is 10.2. The maximum absolute atomic E-state index is 13.9. The summed E-state index contributed by atoms with van der Waals surface area (Å²) in [6.45, 7) is 0.355. The van der Waals surface area contributed by atoms with Crippen LogP contribution >= 0.6 is 34.8 Å². The summed E-state index contributed by atoms with van der Waals surface area (Å²) >= 11 is 18.9. The van der Waals surface area contributed by atoms with Crippen molar-refractivity contribution in [3.8, 4) is 17.0 Å². The normalized spacial score (nSPS) is 13.8. The third kappa shape index (κ3) is 5.56. The quantitative estimate of drug-likeness (QED) is 0.211. The summed E-state index contributed by atoms with van der Waals surface area (Å²) < 4.78 is 65.1. The van der Waals surface area contributed by atoms with Crippen molar-refractivity contribution in [2.24, 2.45) is 0 Å². The Morgan fingerprint density at radius 3 is 2.38 bits per heavy atom. The van der Waals surface area contributed by atoms with E-state index in [-0.39, 0.29) is 44.1 Å². The van der Waals surface area contributed by atoms with Crippen molar-refractivity contribution in [1.29, 1.82) is 0 Å². The van der Waals surface area contributed by atoms with E-state index >= 15 is 0 Å². The Bertz CT molecular complexity index is 1580. The molecule has 13 heteroatoms. The first kappa shape index (κ1) is 28.1. The van der Waals surface area contributed by atoms with Gasteiger partial charge < -0.3 is 19.3 Å². The summed E-state index contributed by atoms with van der Waals surface area (Å²) in [7, 11) is 0. The zero-order valence-electron chi connectivity index (χ0n) is 20.1. The van der Waals surface area contributed by atoms with Crippen LogP contribution in [0.5, 0.6) is 5.75 Å². The highest BCUT2D eigenvalue weighted by atomic mass is 35.5. The Morgan fingerprint density at radius 1 is 1.05 bits per heavy atom. The molecule has 0 radical (unpaired) electrons. The van der Waals surface area contributed by atoms with Gasteiger partial charge in [-0.2, -0.15) is 13.2 Å². The molecule has 5 rings (SSSR count). The van der Waals surface area contributed by atoms with Gasteiger partial charge in [0.2, 0.25) is 5.76 Å². The Hall–Kier alpha value is -3.47. The van der Waals surface area contributed by atoms with E-state index < -0.39 is 30.3 Å². The lowest BCUT2D eigenvalue weighted by atomic mass is 9.90. The molecule has 1 aliphatic rings. The largest absolute Gasteiger partial charge is 0.489 e. The Labute approximate surface area is 239 Å². The first-order valence-corrected chi connectivity index (χ1v) is 12.8. The Morgan fingerprint density at radius 2 is 1.75 bits per heavy atom. The van der Waals surface area contributed by atoms with Crippen LogP contribution in [0.4, 0.5) is 23.2 Å². The van der Waals surface area contributed by atoms with Crippen molar-refractivity contribution in [2.75, 3.05) is 18.0 Å². The highest BCUT2D eigenvalue weighted by Gasteiger charge is 2.41. The molecule has 0 aliphatic carbocycles. The van der Waals surface area contributed by atoms with Crippen LogP contribution in [0.25, 0.3) is 11.3 Å². The lowest BCUT2D eigenvalue weighted by Crippen LogP contribution is -2.45. The molecule has 208 valence electrons. The van der Waals surface area contributed by atoms with E-state index in [4.69, 9.17) is 44.6 Å². The smallest absolute Gasteiger partial charge is 0.452 e. The number of benzene rings is 3. The first-order valence-electron chi connectivity index (χ1n) is 11.6. The van der Waals surface area contributed by atoms with E-state index in [1.165, 1.54) is 30.3 Å². The third-order valence-corrected chi connectivity index (χ3v) is 7.37. The van der Waals surface area contributed by atoms with Crippen LogP contribution in [0.15, 0.2) is 59.1 Å². The number of carboxylic acids is 1. The fraction of sp³-hybridized carbons (Fsp3) is 0.185.